The topological polar surface area (TPSA) is 73.5 Å². The Labute approximate surface area is 207 Å². The molecular formula is C27H27F3N4O2. The lowest BCUT2D eigenvalue weighted by Gasteiger charge is -2.32. The molecule has 1 heterocycles. The van der Waals surface area contributed by atoms with Gasteiger partial charge in [-0.15, -0.1) is 0 Å². The van der Waals surface area contributed by atoms with Gasteiger partial charge in [0, 0.05) is 36.9 Å². The van der Waals surface area contributed by atoms with Gasteiger partial charge < -0.3 is 16.0 Å². The number of alkyl halides is 3. The fraction of sp³-hybridized carbons (Fsp3) is 0.259. The molecule has 0 unspecified atom stereocenters. The Hall–Kier alpha value is -3.85. The minimum Gasteiger partial charge on any atom is -0.335 e. The molecule has 36 heavy (non-hydrogen) atoms. The molecule has 4 rings (SSSR count). The average Bonchev–Trinajstić information content (AvgIpc) is 2.86. The first kappa shape index (κ1) is 25.2. The van der Waals surface area contributed by atoms with Crippen LogP contribution < -0.4 is 16.0 Å². The predicted molar refractivity (Wildman–Crippen MR) is 133 cm³/mol. The van der Waals surface area contributed by atoms with Crippen LogP contribution in [0.15, 0.2) is 78.9 Å². The molecule has 1 fully saturated rings. The van der Waals surface area contributed by atoms with Crippen molar-refractivity contribution in [2.75, 3.05) is 23.7 Å². The molecule has 0 radical (unpaired) electrons. The van der Waals surface area contributed by atoms with Gasteiger partial charge in [0.1, 0.15) is 0 Å². The number of piperidine rings is 1. The van der Waals surface area contributed by atoms with Crippen molar-refractivity contribution in [3.05, 3.63) is 95.6 Å². The van der Waals surface area contributed by atoms with Crippen LogP contribution in [0.4, 0.5) is 29.3 Å². The molecule has 0 saturated carbocycles. The molecule has 3 aromatic carbocycles. The summed E-state index contributed by atoms with van der Waals surface area (Å²) in [7, 11) is 0. The zero-order valence-electron chi connectivity index (χ0n) is 19.5. The van der Waals surface area contributed by atoms with E-state index in [1.807, 2.05) is 18.2 Å². The standard InChI is InChI=1S/C27H27F3N4O2/c28-27(29,30)23-17-22(31-25(35)20-9-5-2-6-10-20)11-12-24(23)33-26(36)32-21-13-15-34(16-14-21)18-19-7-3-1-4-8-19/h1-12,17,21H,13-16,18H2,(H,31,35)(H2,32,33,36). The maximum absolute atomic E-state index is 13.7. The van der Waals surface area contributed by atoms with Crippen molar-refractivity contribution in [3.8, 4) is 0 Å². The van der Waals surface area contributed by atoms with Crippen molar-refractivity contribution in [2.45, 2.75) is 31.6 Å². The van der Waals surface area contributed by atoms with E-state index in [-0.39, 0.29) is 17.4 Å². The fourth-order valence-electron chi connectivity index (χ4n) is 4.18. The van der Waals surface area contributed by atoms with Crippen LogP contribution in [0.2, 0.25) is 0 Å². The number of likely N-dealkylation sites (tertiary alicyclic amines) is 1. The summed E-state index contributed by atoms with van der Waals surface area (Å²) in [5.41, 5.74) is 0.0977. The number of anilines is 2. The van der Waals surface area contributed by atoms with E-state index in [0.29, 0.717) is 18.4 Å². The SMILES string of the molecule is O=C(Nc1ccc(NC(=O)c2ccccc2)cc1C(F)(F)F)NC1CCN(Cc2ccccc2)CC1. The number of amides is 3. The Morgan fingerprint density at radius 1 is 0.861 bits per heavy atom. The minimum absolute atomic E-state index is 0.0204. The van der Waals surface area contributed by atoms with Gasteiger partial charge >= 0.3 is 12.2 Å². The van der Waals surface area contributed by atoms with Gasteiger partial charge in [-0.2, -0.15) is 13.2 Å². The normalized spacial score (nSPS) is 14.8. The summed E-state index contributed by atoms with van der Waals surface area (Å²) in [6.07, 6.45) is -3.31. The molecule has 3 amide bonds. The van der Waals surface area contributed by atoms with Gasteiger partial charge in [-0.1, -0.05) is 48.5 Å². The third-order valence-corrected chi connectivity index (χ3v) is 6.04. The second-order valence-electron chi connectivity index (χ2n) is 8.71. The Morgan fingerprint density at radius 3 is 2.14 bits per heavy atom. The highest BCUT2D eigenvalue weighted by Gasteiger charge is 2.34. The number of halogens is 3. The van der Waals surface area contributed by atoms with E-state index in [0.717, 1.165) is 31.8 Å². The smallest absolute Gasteiger partial charge is 0.335 e. The third kappa shape index (κ3) is 6.85. The van der Waals surface area contributed by atoms with Gasteiger partial charge in [-0.05, 0) is 48.7 Å². The number of hydrogen-bond donors (Lipinski definition) is 3. The molecule has 6 nitrogen and oxygen atoms in total. The molecule has 3 N–H and O–H groups in total. The van der Waals surface area contributed by atoms with Gasteiger partial charge in [-0.3, -0.25) is 9.69 Å². The molecule has 1 aliphatic heterocycles. The van der Waals surface area contributed by atoms with E-state index in [4.69, 9.17) is 0 Å². The summed E-state index contributed by atoms with van der Waals surface area (Å²) in [6, 6.07) is 20.7. The molecular weight excluding hydrogens is 469 g/mol. The number of nitrogens with one attached hydrogen (secondary N) is 3. The highest BCUT2D eigenvalue weighted by atomic mass is 19.4. The predicted octanol–water partition coefficient (Wildman–Crippen LogP) is 5.74. The third-order valence-electron chi connectivity index (χ3n) is 6.04. The fourth-order valence-corrected chi connectivity index (χ4v) is 4.18. The van der Waals surface area contributed by atoms with Gasteiger partial charge in [0.15, 0.2) is 0 Å². The van der Waals surface area contributed by atoms with Crippen molar-refractivity contribution in [2.24, 2.45) is 0 Å². The number of nitrogens with zero attached hydrogens (tertiary/aromatic N) is 1. The zero-order valence-corrected chi connectivity index (χ0v) is 19.5. The monoisotopic (exact) mass is 496 g/mol. The van der Waals surface area contributed by atoms with E-state index in [9.17, 15) is 22.8 Å². The van der Waals surface area contributed by atoms with Gasteiger partial charge in [0.05, 0.1) is 11.3 Å². The van der Waals surface area contributed by atoms with Gasteiger partial charge in [0.2, 0.25) is 0 Å². The quantitative estimate of drug-likeness (QED) is 0.407. The van der Waals surface area contributed by atoms with E-state index >= 15 is 0 Å². The van der Waals surface area contributed by atoms with E-state index in [1.54, 1.807) is 30.3 Å². The van der Waals surface area contributed by atoms with E-state index < -0.39 is 23.7 Å². The Kier molecular flexibility index (Phi) is 7.90. The van der Waals surface area contributed by atoms with Crippen molar-refractivity contribution in [1.82, 2.24) is 10.2 Å². The summed E-state index contributed by atoms with van der Waals surface area (Å²) < 4.78 is 41.2. The second-order valence-corrected chi connectivity index (χ2v) is 8.71. The summed E-state index contributed by atoms with van der Waals surface area (Å²) in [4.78, 5) is 27.1. The van der Waals surface area contributed by atoms with E-state index in [1.165, 1.54) is 11.6 Å². The highest BCUT2D eigenvalue weighted by molar-refractivity contribution is 6.04. The van der Waals surface area contributed by atoms with Crippen LogP contribution in [-0.4, -0.2) is 36.0 Å². The summed E-state index contributed by atoms with van der Waals surface area (Å²) in [5.74, 6) is -0.527. The molecule has 0 atom stereocenters. The van der Waals surface area contributed by atoms with Crippen LogP contribution >= 0.6 is 0 Å². The number of benzene rings is 3. The van der Waals surface area contributed by atoms with Crippen molar-refractivity contribution < 1.29 is 22.8 Å². The lowest BCUT2D eigenvalue weighted by atomic mass is 10.0. The summed E-state index contributed by atoms with van der Waals surface area (Å²) in [5, 5.41) is 7.58. The zero-order chi connectivity index (χ0) is 25.5. The molecule has 9 heteroatoms. The first-order valence-electron chi connectivity index (χ1n) is 11.7. The Bertz CT molecular complexity index is 1180. The minimum atomic E-state index is -4.72. The summed E-state index contributed by atoms with van der Waals surface area (Å²) >= 11 is 0. The maximum atomic E-state index is 13.7. The highest BCUT2D eigenvalue weighted by Crippen LogP contribution is 2.36. The molecule has 3 aromatic rings. The molecule has 0 spiro atoms. The van der Waals surface area contributed by atoms with Crippen LogP contribution in [0.25, 0.3) is 0 Å². The number of rotatable bonds is 6. The van der Waals surface area contributed by atoms with Crippen LogP contribution in [0, 0.1) is 0 Å². The van der Waals surface area contributed by atoms with Crippen molar-refractivity contribution >= 4 is 23.3 Å². The Morgan fingerprint density at radius 2 is 1.50 bits per heavy atom. The largest absolute Gasteiger partial charge is 0.418 e. The van der Waals surface area contributed by atoms with Crippen molar-refractivity contribution in [1.29, 1.82) is 0 Å². The van der Waals surface area contributed by atoms with Crippen LogP contribution in [0.3, 0.4) is 0 Å². The number of carbonyl (C=O) groups is 2. The molecule has 0 aliphatic carbocycles. The lowest BCUT2D eigenvalue weighted by molar-refractivity contribution is -0.136. The first-order valence-corrected chi connectivity index (χ1v) is 11.7. The van der Waals surface area contributed by atoms with Crippen molar-refractivity contribution in [3.63, 3.8) is 0 Å². The number of hydrogen-bond acceptors (Lipinski definition) is 3. The first-order chi connectivity index (χ1) is 17.3. The molecule has 188 valence electrons. The Balaban J connectivity index is 1.34. The average molecular weight is 497 g/mol. The number of urea groups is 1. The summed E-state index contributed by atoms with van der Waals surface area (Å²) in [6.45, 7) is 2.38. The molecule has 1 aliphatic rings. The molecule has 1 saturated heterocycles. The number of carbonyl (C=O) groups excluding carboxylic acids is 2. The van der Waals surface area contributed by atoms with Crippen LogP contribution in [-0.2, 0) is 12.7 Å². The lowest BCUT2D eigenvalue weighted by Crippen LogP contribution is -2.45. The second kappa shape index (κ2) is 11.3. The van der Waals surface area contributed by atoms with Gasteiger partial charge in [-0.25, -0.2) is 4.79 Å². The van der Waals surface area contributed by atoms with Crippen LogP contribution in [0.5, 0.6) is 0 Å². The van der Waals surface area contributed by atoms with Gasteiger partial charge in [0.25, 0.3) is 5.91 Å². The molecule has 0 aromatic heterocycles. The van der Waals surface area contributed by atoms with Crippen LogP contribution in [0.1, 0.15) is 34.3 Å². The maximum Gasteiger partial charge on any atom is 0.418 e. The molecule has 0 bridgehead atoms. The van der Waals surface area contributed by atoms with E-state index in [2.05, 4.69) is 33.0 Å².